The molecule has 3 aromatic rings. The Labute approximate surface area is 139 Å². The molecule has 0 spiro atoms. The molecule has 24 heavy (non-hydrogen) atoms. The van der Waals surface area contributed by atoms with Crippen molar-refractivity contribution < 1.29 is 4.74 Å². The van der Waals surface area contributed by atoms with Crippen LogP contribution < -0.4 is 10.3 Å². The fourth-order valence-corrected chi connectivity index (χ4v) is 2.30. The molecule has 0 unspecified atom stereocenters. The predicted octanol–water partition coefficient (Wildman–Crippen LogP) is 4.29. The van der Waals surface area contributed by atoms with Gasteiger partial charge in [0.25, 0.3) is 5.56 Å². The van der Waals surface area contributed by atoms with Crippen LogP contribution in [0.4, 0.5) is 11.4 Å². The van der Waals surface area contributed by atoms with E-state index in [2.05, 4.69) is 15.3 Å². The van der Waals surface area contributed by atoms with Gasteiger partial charge in [-0.25, -0.2) is 4.68 Å². The summed E-state index contributed by atoms with van der Waals surface area (Å²) < 4.78 is 6.84. The SMILES string of the molecule is CCOc1ccc(N=Nc2c(C)[nH]n(-c3ccccc3)c2=O)cc1. The predicted molar refractivity (Wildman–Crippen MR) is 92.9 cm³/mol. The van der Waals surface area contributed by atoms with Crippen LogP contribution in [0.15, 0.2) is 69.6 Å². The number of nitrogens with one attached hydrogen (secondary N) is 1. The van der Waals surface area contributed by atoms with Crippen molar-refractivity contribution in [3.05, 3.63) is 70.6 Å². The summed E-state index contributed by atoms with van der Waals surface area (Å²) in [5.74, 6) is 0.778. The lowest BCUT2D eigenvalue weighted by Gasteiger charge is -2.01. The lowest BCUT2D eigenvalue weighted by atomic mass is 10.3. The third kappa shape index (κ3) is 3.27. The summed E-state index contributed by atoms with van der Waals surface area (Å²) in [4.78, 5) is 12.5. The topological polar surface area (TPSA) is 71.7 Å². The molecule has 6 nitrogen and oxygen atoms in total. The van der Waals surface area contributed by atoms with Gasteiger partial charge in [-0.1, -0.05) is 18.2 Å². The molecule has 2 aromatic carbocycles. The largest absolute Gasteiger partial charge is 0.494 e. The Hall–Kier alpha value is -3.15. The van der Waals surface area contributed by atoms with Crippen molar-refractivity contribution in [2.45, 2.75) is 13.8 Å². The second-order valence-electron chi connectivity index (χ2n) is 5.19. The summed E-state index contributed by atoms with van der Waals surface area (Å²) in [5.41, 5.74) is 2.15. The fraction of sp³-hybridized carbons (Fsp3) is 0.167. The first-order valence-corrected chi connectivity index (χ1v) is 7.70. The van der Waals surface area contributed by atoms with Crippen LogP contribution in [0.5, 0.6) is 5.75 Å². The standard InChI is InChI=1S/C18H18N4O2/c1-3-24-16-11-9-14(10-12-16)19-20-17-13(2)21-22(18(17)23)15-7-5-4-6-8-15/h4-12,21H,3H2,1-2H3. The molecule has 122 valence electrons. The van der Waals surface area contributed by atoms with E-state index in [4.69, 9.17) is 4.74 Å². The van der Waals surface area contributed by atoms with Crippen molar-refractivity contribution >= 4 is 11.4 Å². The van der Waals surface area contributed by atoms with Crippen LogP contribution in [0.3, 0.4) is 0 Å². The zero-order valence-corrected chi connectivity index (χ0v) is 13.6. The Bertz CT molecular complexity index is 893. The number of aromatic nitrogens is 2. The Morgan fingerprint density at radius 3 is 2.42 bits per heavy atom. The number of aromatic amines is 1. The zero-order valence-electron chi connectivity index (χ0n) is 13.6. The minimum atomic E-state index is -0.228. The summed E-state index contributed by atoms with van der Waals surface area (Å²) in [6, 6.07) is 16.6. The Morgan fingerprint density at radius 1 is 1.04 bits per heavy atom. The minimum absolute atomic E-state index is 0.228. The molecule has 1 N–H and O–H groups in total. The van der Waals surface area contributed by atoms with Gasteiger partial charge in [-0.2, -0.15) is 5.11 Å². The number of benzene rings is 2. The molecule has 0 amide bonds. The van der Waals surface area contributed by atoms with E-state index in [-0.39, 0.29) is 5.56 Å². The van der Waals surface area contributed by atoms with E-state index in [0.29, 0.717) is 23.7 Å². The van der Waals surface area contributed by atoms with Crippen molar-refractivity contribution in [2.24, 2.45) is 10.2 Å². The highest BCUT2D eigenvalue weighted by atomic mass is 16.5. The molecule has 1 heterocycles. The van der Waals surface area contributed by atoms with E-state index < -0.39 is 0 Å². The first-order valence-electron chi connectivity index (χ1n) is 7.70. The summed E-state index contributed by atoms with van der Waals surface area (Å²) in [6.45, 7) is 4.34. The Kier molecular flexibility index (Phi) is 4.56. The molecule has 0 radical (unpaired) electrons. The van der Waals surface area contributed by atoms with E-state index in [0.717, 1.165) is 11.4 Å². The van der Waals surface area contributed by atoms with Crippen molar-refractivity contribution in [3.8, 4) is 11.4 Å². The molecule has 0 fully saturated rings. The van der Waals surface area contributed by atoms with Gasteiger partial charge in [0.2, 0.25) is 0 Å². The summed E-state index contributed by atoms with van der Waals surface area (Å²) in [7, 11) is 0. The Balaban J connectivity index is 1.88. The number of aryl methyl sites for hydroxylation is 1. The molecule has 3 rings (SSSR count). The van der Waals surface area contributed by atoms with Gasteiger partial charge in [-0.05, 0) is 50.2 Å². The zero-order chi connectivity index (χ0) is 16.9. The van der Waals surface area contributed by atoms with Crippen LogP contribution in [0.1, 0.15) is 12.6 Å². The lowest BCUT2D eigenvalue weighted by molar-refractivity contribution is 0.340. The number of para-hydroxylation sites is 1. The van der Waals surface area contributed by atoms with Gasteiger partial charge in [0.15, 0.2) is 5.69 Å². The van der Waals surface area contributed by atoms with Crippen LogP contribution in [-0.4, -0.2) is 16.4 Å². The number of hydrogen-bond donors (Lipinski definition) is 1. The van der Waals surface area contributed by atoms with Gasteiger partial charge >= 0.3 is 0 Å². The third-order valence-corrected chi connectivity index (χ3v) is 3.47. The second kappa shape index (κ2) is 6.95. The molecule has 6 heteroatoms. The highest BCUT2D eigenvalue weighted by molar-refractivity contribution is 5.45. The van der Waals surface area contributed by atoms with Crippen LogP contribution in [-0.2, 0) is 0 Å². The quantitative estimate of drug-likeness (QED) is 0.712. The van der Waals surface area contributed by atoms with E-state index >= 15 is 0 Å². The molecule has 0 aliphatic carbocycles. The number of hydrogen-bond acceptors (Lipinski definition) is 4. The van der Waals surface area contributed by atoms with Gasteiger partial charge in [-0.3, -0.25) is 9.89 Å². The molecule has 1 aromatic heterocycles. The smallest absolute Gasteiger partial charge is 0.299 e. The highest BCUT2D eigenvalue weighted by Crippen LogP contribution is 2.21. The number of nitrogens with zero attached hydrogens (tertiary/aromatic N) is 3. The molecule has 0 bridgehead atoms. The van der Waals surface area contributed by atoms with Crippen LogP contribution >= 0.6 is 0 Å². The van der Waals surface area contributed by atoms with Crippen molar-refractivity contribution in [1.82, 2.24) is 9.78 Å². The van der Waals surface area contributed by atoms with Gasteiger partial charge in [0.1, 0.15) is 5.75 Å². The minimum Gasteiger partial charge on any atom is -0.494 e. The van der Waals surface area contributed by atoms with E-state index in [1.165, 1.54) is 4.68 Å². The highest BCUT2D eigenvalue weighted by Gasteiger charge is 2.11. The van der Waals surface area contributed by atoms with E-state index in [9.17, 15) is 4.79 Å². The maximum Gasteiger partial charge on any atom is 0.299 e. The van der Waals surface area contributed by atoms with E-state index in [1.807, 2.05) is 49.4 Å². The number of H-pyrrole nitrogens is 1. The monoisotopic (exact) mass is 322 g/mol. The molecular formula is C18H18N4O2. The summed E-state index contributed by atoms with van der Waals surface area (Å²) in [5, 5.41) is 11.3. The maximum absolute atomic E-state index is 12.5. The van der Waals surface area contributed by atoms with Crippen molar-refractivity contribution in [2.75, 3.05) is 6.61 Å². The van der Waals surface area contributed by atoms with Gasteiger partial charge < -0.3 is 4.74 Å². The normalized spacial score (nSPS) is 11.1. The first-order chi connectivity index (χ1) is 11.7. The third-order valence-electron chi connectivity index (χ3n) is 3.47. The molecule has 0 saturated heterocycles. The Morgan fingerprint density at radius 2 is 1.75 bits per heavy atom. The van der Waals surface area contributed by atoms with Crippen molar-refractivity contribution in [3.63, 3.8) is 0 Å². The molecule has 0 aliphatic heterocycles. The van der Waals surface area contributed by atoms with Crippen LogP contribution in [0.25, 0.3) is 5.69 Å². The number of azo groups is 1. The first kappa shape index (κ1) is 15.7. The summed E-state index contributed by atoms with van der Waals surface area (Å²) >= 11 is 0. The number of ether oxygens (including phenoxy) is 1. The average molecular weight is 322 g/mol. The molecule has 0 aliphatic rings. The summed E-state index contributed by atoms with van der Waals surface area (Å²) in [6.07, 6.45) is 0. The molecular weight excluding hydrogens is 304 g/mol. The molecule has 0 saturated carbocycles. The van der Waals surface area contributed by atoms with E-state index in [1.54, 1.807) is 19.1 Å². The van der Waals surface area contributed by atoms with Gasteiger partial charge in [0.05, 0.1) is 23.7 Å². The number of rotatable bonds is 5. The lowest BCUT2D eigenvalue weighted by Crippen LogP contribution is -2.13. The van der Waals surface area contributed by atoms with Crippen LogP contribution in [0.2, 0.25) is 0 Å². The van der Waals surface area contributed by atoms with Gasteiger partial charge in [0, 0.05) is 0 Å². The second-order valence-corrected chi connectivity index (χ2v) is 5.19. The van der Waals surface area contributed by atoms with Crippen molar-refractivity contribution in [1.29, 1.82) is 0 Å². The maximum atomic E-state index is 12.5. The van der Waals surface area contributed by atoms with Crippen LogP contribution in [0, 0.1) is 6.92 Å². The fourth-order valence-electron chi connectivity index (χ4n) is 2.30. The average Bonchev–Trinajstić information content (AvgIpc) is 2.90. The molecule has 0 atom stereocenters. The van der Waals surface area contributed by atoms with Gasteiger partial charge in [-0.15, -0.1) is 5.11 Å².